The number of piperidine rings is 1. The fourth-order valence-corrected chi connectivity index (χ4v) is 5.92. The zero-order valence-corrected chi connectivity index (χ0v) is 18.7. The number of ether oxygens (including phenoxy) is 1. The van der Waals surface area contributed by atoms with E-state index in [9.17, 15) is 18.0 Å². The van der Waals surface area contributed by atoms with Crippen LogP contribution in [0.2, 0.25) is 0 Å². The molecule has 0 radical (unpaired) electrons. The quantitative estimate of drug-likeness (QED) is 0.770. The highest BCUT2D eigenvalue weighted by molar-refractivity contribution is 7.89. The van der Waals surface area contributed by atoms with Crippen LogP contribution in [0.5, 0.6) is 5.75 Å². The van der Waals surface area contributed by atoms with Crippen molar-refractivity contribution in [1.82, 2.24) is 14.5 Å². The fourth-order valence-electron chi connectivity index (χ4n) is 4.07. The first-order valence-electron chi connectivity index (χ1n) is 10.4. The zero-order chi connectivity index (χ0) is 21.9. The van der Waals surface area contributed by atoms with Gasteiger partial charge in [0.25, 0.3) is 0 Å². The van der Waals surface area contributed by atoms with Crippen LogP contribution in [0.25, 0.3) is 0 Å². The SMILES string of the molecule is CC(=O)NCC(=O)N1CCC2(CC1)COc1ccccc1S(=O)(=O)N(CC(C)C)C2. The second-order valence-electron chi connectivity index (χ2n) is 8.72. The number of likely N-dealkylation sites (tertiary alicyclic amines) is 1. The number of nitrogens with zero attached hydrogens (tertiary/aromatic N) is 2. The van der Waals surface area contributed by atoms with Gasteiger partial charge in [-0.15, -0.1) is 0 Å². The molecule has 2 heterocycles. The van der Waals surface area contributed by atoms with E-state index < -0.39 is 10.0 Å². The average Bonchev–Trinajstić information content (AvgIpc) is 2.70. The molecule has 1 aromatic carbocycles. The maximum Gasteiger partial charge on any atom is 0.246 e. The van der Waals surface area contributed by atoms with Crippen molar-refractivity contribution in [3.63, 3.8) is 0 Å². The number of para-hydroxylation sites is 1. The standard InChI is InChI=1S/C21H31N3O5S/c1-16(2)13-24-14-21(8-10-23(11-9-21)20(26)12-22-17(3)25)15-29-18-6-4-5-7-19(18)30(24,27)28/h4-7,16H,8-15H2,1-3H3,(H,22,25). The van der Waals surface area contributed by atoms with E-state index in [4.69, 9.17) is 4.74 Å². The van der Waals surface area contributed by atoms with Gasteiger partial charge in [-0.1, -0.05) is 26.0 Å². The second kappa shape index (κ2) is 8.93. The summed E-state index contributed by atoms with van der Waals surface area (Å²) >= 11 is 0. The number of nitrogens with one attached hydrogen (secondary N) is 1. The highest BCUT2D eigenvalue weighted by Gasteiger charge is 2.43. The molecule has 1 N–H and O–H groups in total. The van der Waals surface area contributed by atoms with Crippen molar-refractivity contribution in [2.45, 2.75) is 38.5 Å². The largest absolute Gasteiger partial charge is 0.492 e. The minimum Gasteiger partial charge on any atom is -0.492 e. The lowest BCUT2D eigenvalue weighted by Crippen LogP contribution is -2.53. The van der Waals surface area contributed by atoms with E-state index >= 15 is 0 Å². The third-order valence-electron chi connectivity index (χ3n) is 5.75. The molecule has 1 aromatic rings. The number of carbonyl (C=O) groups is 2. The van der Waals surface area contributed by atoms with Crippen molar-refractivity contribution < 1.29 is 22.7 Å². The molecular formula is C21H31N3O5S. The van der Waals surface area contributed by atoms with E-state index in [2.05, 4.69) is 5.32 Å². The van der Waals surface area contributed by atoms with Crippen molar-refractivity contribution in [3.8, 4) is 5.75 Å². The van der Waals surface area contributed by atoms with E-state index in [0.717, 1.165) is 0 Å². The van der Waals surface area contributed by atoms with Crippen LogP contribution in [-0.2, 0) is 19.6 Å². The van der Waals surface area contributed by atoms with E-state index in [0.29, 0.717) is 51.4 Å². The van der Waals surface area contributed by atoms with E-state index in [1.54, 1.807) is 33.5 Å². The Morgan fingerprint density at radius 2 is 1.87 bits per heavy atom. The molecule has 9 heteroatoms. The molecule has 0 saturated carbocycles. The zero-order valence-electron chi connectivity index (χ0n) is 17.9. The van der Waals surface area contributed by atoms with Crippen molar-refractivity contribution in [2.75, 3.05) is 39.3 Å². The minimum atomic E-state index is -3.68. The lowest BCUT2D eigenvalue weighted by atomic mass is 9.78. The van der Waals surface area contributed by atoms with Crippen molar-refractivity contribution in [3.05, 3.63) is 24.3 Å². The van der Waals surface area contributed by atoms with Crippen molar-refractivity contribution in [1.29, 1.82) is 0 Å². The Kier molecular flexibility index (Phi) is 6.71. The summed E-state index contributed by atoms with van der Waals surface area (Å²) in [4.78, 5) is 25.4. The lowest BCUT2D eigenvalue weighted by Gasteiger charge is -2.45. The molecule has 0 unspecified atom stereocenters. The summed E-state index contributed by atoms with van der Waals surface area (Å²) < 4.78 is 34.4. The Labute approximate surface area is 178 Å². The highest BCUT2D eigenvalue weighted by atomic mass is 32.2. The first-order valence-corrected chi connectivity index (χ1v) is 11.8. The third kappa shape index (κ3) is 4.95. The number of hydrogen-bond acceptors (Lipinski definition) is 5. The van der Waals surface area contributed by atoms with Gasteiger partial charge < -0.3 is 15.0 Å². The molecular weight excluding hydrogens is 406 g/mol. The summed E-state index contributed by atoms with van der Waals surface area (Å²) in [5.74, 6) is 0.209. The van der Waals surface area contributed by atoms with E-state index in [1.807, 2.05) is 13.8 Å². The van der Waals surface area contributed by atoms with Crippen LogP contribution in [0.3, 0.4) is 0 Å². The summed E-state index contributed by atoms with van der Waals surface area (Å²) in [7, 11) is -3.68. The maximum atomic E-state index is 13.4. The number of benzene rings is 1. The minimum absolute atomic E-state index is 0.0138. The summed E-state index contributed by atoms with van der Waals surface area (Å²) in [6.07, 6.45) is 1.29. The van der Waals surface area contributed by atoms with Crippen LogP contribution in [0.15, 0.2) is 29.2 Å². The second-order valence-corrected chi connectivity index (χ2v) is 10.6. The third-order valence-corrected chi connectivity index (χ3v) is 7.60. The topological polar surface area (TPSA) is 96.0 Å². The molecule has 0 aliphatic carbocycles. The van der Waals surface area contributed by atoms with Gasteiger partial charge in [-0.3, -0.25) is 9.59 Å². The van der Waals surface area contributed by atoms with Gasteiger partial charge in [-0.25, -0.2) is 8.42 Å². The Bertz CT molecular complexity index is 892. The summed E-state index contributed by atoms with van der Waals surface area (Å²) in [6.45, 7) is 7.62. The Morgan fingerprint density at radius 1 is 1.20 bits per heavy atom. The first-order chi connectivity index (χ1) is 14.1. The Morgan fingerprint density at radius 3 is 2.50 bits per heavy atom. The summed E-state index contributed by atoms with van der Waals surface area (Å²) in [5, 5.41) is 2.54. The molecule has 166 valence electrons. The van der Waals surface area contributed by atoms with Crippen LogP contribution in [0, 0.1) is 11.3 Å². The van der Waals surface area contributed by atoms with Crippen LogP contribution in [0.4, 0.5) is 0 Å². The van der Waals surface area contributed by atoms with Gasteiger partial charge in [0.05, 0.1) is 13.2 Å². The molecule has 2 amide bonds. The molecule has 3 rings (SSSR count). The normalized spacial score (nSPS) is 20.7. The average molecular weight is 438 g/mol. The molecule has 0 aromatic heterocycles. The number of hydrogen-bond donors (Lipinski definition) is 1. The monoisotopic (exact) mass is 437 g/mol. The van der Waals surface area contributed by atoms with E-state index in [-0.39, 0.29) is 34.6 Å². The molecule has 0 bridgehead atoms. The van der Waals surface area contributed by atoms with Gasteiger partial charge >= 0.3 is 0 Å². The lowest BCUT2D eigenvalue weighted by molar-refractivity contribution is -0.135. The molecule has 1 saturated heterocycles. The molecule has 2 aliphatic heterocycles. The Balaban J connectivity index is 1.82. The number of sulfonamides is 1. The number of fused-ring (bicyclic) bond motifs is 1. The predicted molar refractivity (Wildman–Crippen MR) is 112 cm³/mol. The van der Waals surface area contributed by atoms with Gasteiger partial charge in [0.15, 0.2) is 0 Å². The van der Waals surface area contributed by atoms with Crippen LogP contribution < -0.4 is 10.1 Å². The summed E-state index contributed by atoms with van der Waals surface area (Å²) in [5.41, 5.74) is -0.361. The summed E-state index contributed by atoms with van der Waals surface area (Å²) in [6, 6.07) is 6.79. The number of amides is 2. The molecule has 2 aliphatic rings. The smallest absolute Gasteiger partial charge is 0.246 e. The fraction of sp³-hybridized carbons (Fsp3) is 0.619. The number of carbonyl (C=O) groups excluding carboxylic acids is 2. The number of rotatable bonds is 4. The van der Waals surface area contributed by atoms with Crippen molar-refractivity contribution in [2.24, 2.45) is 11.3 Å². The predicted octanol–water partition coefficient (Wildman–Crippen LogP) is 1.47. The van der Waals surface area contributed by atoms with Gasteiger partial charge in [-0.05, 0) is 30.9 Å². The van der Waals surface area contributed by atoms with E-state index in [1.165, 1.54) is 6.92 Å². The molecule has 1 fully saturated rings. The Hall–Kier alpha value is -2.13. The molecule has 1 spiro atoms. The molecule has 8 nitrogen and oxygen atoms in total. The van der Waals surface area contributed by atoms with Gasteiger partial charge in [0.1, 0.15) is 10.6 Å². The molecule has 0 atom stereocenters. The van der Waals surface area contributed by atoms with Gasteiger partial charge in [0, 0.05) is 38.5 Å². The molecule has 30 heavy (non-hydrogen) atoms. The highest BCUT2D eigenvalue weighted by Crippen LogP contribution is 2.39. The van der Waals surface area contributed by atoms with Gasteiger partial charge in [0.2, 0.25) is 21.8 Å². The maximum absolute atomic E-state index is 13.4. The van der Waals surface area contributed by atoms with Crippen LogP contribution in [0.1, 0.15) is 33.6 Å². The van der Waals surface area contributed by atoms with Crippen LogP contribution >= 0.6 is 0 Å². The van der Waals surface area contributed by atoms with Crippen molar-refractivity contribution >= 4 is 21.8 Å². The van der Waals surface area contributed by atoms with Gasteiger partial charge in [-0.2, -0.15) is 4.31 Å². The van der Waals surface area contributed by atoms with Crippen LogP contribution in [-0.4, -0.2) is 68.8 Å². The first kappa shape index (κ1) is 22.6.